The monoisotopic (exact) mass is 460 g/mol. The molecule has 34 heavy (non-hydrogen) atoms. The number of amides is 1. The van der Waals surface area contributed by atoms with Crippen LogP contribution in [0.1, 0.15) is 48.7 Å². The number of aromatic nitrogens is 2. The number of Topliss-reactive ketones (excluding diaryl/α,β-unsaturated/α-hetero) is 1. The van der Waals surface area contributed by atoms with Crippen molar-refractivity contribution < 1.29 is 9.59 Å². The summed E-state index contributed by atoms with van der Waals surface area (Å²) in [4.78, 5) is 50.2. The summed E-state index contributed by atoms with van der Waals surface area (Å²) >= 11 is 0. The lowest BCUT2D eigenvalue weighted by Gasteiger charge is -2.14. The fourth-order valence-corrected chi connectivity index (χ4v) is 3.99. The first-order chi connectivity index (χ1) is 16.3. The summed E-state index contributed by atoms with van der Waals surface area (Å²) in [7, 11) is 0. The van der Waals surface area contributed by atoms with Gasteiger partial charge in [-0.05, 0) is 61.7 Å². The van der Waals surface area contributed by atoms with Crippen LogP contribution < -0.4 is 16.6 Å². The third-order valence-electron chi connectivity index (χ3n) is 5.79. The Bertz CT molecular complexity index is 1380. The predicted molar refractivity (Wildman–Crippen MR) is 130 cm³/mol. The molecule has 0 aliphatic heterocycles. The molecule has 1 N–H and O–H groups in total. The summed E-state index contributed by atoms with van der Waals surface area (Å²) in [5, 5.41) is 12.1. The zero-order chi connectivity index (χ0) is 24.8. The van der Waals surface area contributed by atoms with Gasteiger partial charge in [-0.3, -0.25) is 23.5 Å². The number of aryl methyl sites for hydroxylation is 1. The SMILES string of the molecule is CCn1c(=O)c2cc(CC(=O)CC(C)CNC(=O)c3ccc(C#N)cc3)ccc2n(CC)c1=O. The number of hydrogen-bond donors (Lipinski definition) is 1. The van der Waals surface area contributed by atoms with Crippen LogP contribution in [0.4, 0.5) is 0 Å². The summed E-state index contributed by atoms with van der Waals surface area (Å²) < 4.78 is 2.76. The van der Waals surface area contributed by atoms with Gasteiger partial charge in [0.05, 0.1) is 22.5 Å². The third-order valence-corrected chi connectivity index (χ3v) is 5.79. The lowest BCUT2D eigenvalue weighted by molar-refractivity contribution is -0.119. The fourth-order valence-electron chi connectivity index (χ4n) is 3.99. The molecule has 1 aromatic heterocycles. The minimum Gasteiger partial charge on any atom is -0.352 e. The average molecular weight is 461 g/mol. The summed E-state index contributed by atoms with van der Waals surface area (Å²) in [6.45, 7) is 6.55. The molecule has 1 amide bonds. The van der Waals surface area contributed by atoms with Crippen LogP contribution in [0.3, 0.4) is 0 Å². The van der Waals surface area contributed by atoms with Gasteiger partial charge in [0.15, 0.2) is 0 Å². The van der Waals surface area contributed by atoms with Gasteiger partial charge < -0.3 is 5.32 Å². The molecule has 0 saturated heterocycles. The molecule has 1 atom stereocenters. The zero-order valence-electron chi connectivity index (χ0n) is 19.6. The molecular weight excluding hydrogens is 432 g/mol. The average Bonchev–Trinajstić information content (AvgIpc) is 2.83. The summed E-state index contributed by atoms with van der Waals surface area (Å²) in [6, 6.07) is 13.6. The molecule has 8 heteroatoms. The van der Waals surface area contributed by atoms with Gasteiger partial charge in [0.25, 0.3) is 11.5 Å². The first-order valence-electron chi connectivity index (χ1n) is 11.3. The van der Waals surface area contributed by atoms with Gasteiger partial charge >= 0.3 is 5.69 Å². The van der Waals surface area contributed by atoms with Crippen molar-refractivity contribution in [1.82, 2.24) is 14.5 Å². The Morgan fingerprint density at radius 2 is 1.71 bits per heavy atom. The maximum absolute atomic E-state index is 12.8. The number of nitriles is 1. The van der Waals surface area contributed by atoms with Crippen LogP contribution in [-0.2, 0) is 24.3 Å². The number of fused-ring (bicyclic) bond motifs is 1. The van der Waals surface area contributed by atoms with Gasteiger partial charge in [0.1, 0.15) is 5.78 Å². The smallest absolute Gasteiger partial charge is 0.331 e. The zero-order valence-corrected chi connectivity index (χ0v) is 19.6. The first-order valence-corrected chi connectivity index (χ1v) is 11.3. The Labute approximate surface area is 197 Å². The molecule has 1 heterocycles. The van der Waals surface area contributed by atoms with Crippen LogP contribution in [0.5, 0.6) is 0 Å². The largest absolute Gasteiger partial charge is 0.352 e. The van der Waals surface area contributed by atoms with Gasteiger partial charge in [-0.1, -0.05) is 13.0 Å². The van der Waals surface area contributed by atoms with Crippen molar-refractivity contribution in [3.8, 4) is 6.07 Å². The lowest BCUT2D eigenvalue weighted by atomic mass is 9.99. The van der Waals surface area contributed by atoms with E-state index < -0.39 is 0 Å². The Kier molecular flexibility index (Phi) is 7.79. The van der Waals surface area contributed by atoms with Crippen molar-refractivity contribution in [3.63, 3.8) is 0 Å². The number of rotatable bonds is 9. The molecule has 0 bridgehead atoms. The van der Waals surface area contributed by atoms with Gasteiger partial charge in [-0.2, -0.15) is 5.26 Å². The van der Waals surface area contributed by atoms with Crippen LogP contribution >= 0.6 is 0 Å². The van der Waals surface area contributed by atoms with E-state index in [9.17, 15) is 19.2 Å². The van der Waals surface area contributed by atoms with Gasteiger partial charge in [-0.15, -0.1) is 0 Å². The molecule has 3 rings (SSSR count). The predicted octanol–water partition coefficient (Wildman–Crippen LogP) is 2.64. The summed E-state index contributed by atoms with van der Waals surface area (Å²) in [6.07, 6.45) is 0.444. The fraction of sp³-hybridized carbons (Fsp3) is 0.346. The molecule has 3 aromatic rings. The van der Waals surface area contributed by atoms with Crippen LogP contribution in [0.25, 0.3) is 10.9 Å². The maximum Gasteiger partial charge on any atom is 0.331 e. The molecule has 0 fully saturated rings. The number of benzene rings is 2. The van der Waals surface area contributed by atoms with E-state index in [1.165, 1.54) is 4.57 Å². The standard InChI is InChI=1S/C26H28N4O4/c1-4-29-23-11-8-19(14-22(23)25(33)30(5-2)26(29)34)13-21(31)12-17(3)16-28-24(32)20-9-6-18(15-27)7-10-20/h6-11,14,17H,4-5,12-13,16H2,1-3H3,(H,28,32). The molecule has 0 radical (unpaired) electrons. The summed E-state index contributed by atoms with van der Waals surface area (Å²) in [5.41, 5.74) is 1.54. The van der Waals surface area contributed by atoms with Crippen LogP contribution in [-0.4, -0.2) is 27.4 Å². The van der Waals surface area contributed by atoms with Crippen molar-refractivity contribution in [2.45, 2.75) is 46.7 Å². The van der Waals surface area contributed by atoms with E-state index in [-0.39, 0.29) is 48.2 Å². The van der Waals surface area contributed by atoms with E-state index >= 15 is 0 Å². The van der Waals surface area contributed by atoms with E-state index in [4.69, 9.17) is 5.26 Å². The molecule has 2 aromatic carbocycles. The highest BCUT2D eigenvalue weighted by Gasteiger charge is 2.15. The number of nitrogens with one attached hydrogen (secondary N) is 1. The number of carbonyl (C=O) groups excluding carboxylic acids is 2. The lowest BCUT2D eigenvalue weighted by Crippen LogP contribution is -2.39. The second-order valence-electron chi connectivity index (χ2n) is 8.35. The second-order valence-corrected chi connectivity index (χ2v) is 8.35. The molecule has 0 spiro atoms. The molecule has 8 nitrogen and oxygen atoms in total. The topological polar surface area (TPSA) is 114 Å². The van der Waals surface area contributed by atoms with Crippen LogP contribution in [0, 0.1) is 17.2 Å². The van der Waals surface area contributed by atoms with Gasteiger partial charge in [0.2, 0.25) is 0 Å². The van der Waals surface area contributed by atoms with Crippen molar-refractivity contribution in [2.75, 3.05) is 6.54 Å². The first kappa shape index (κ1) is 24.6. The van der Waals surface area contributed by atoms with E-state index in [1.807, 2.05) is 19.9 Å². The summed E-state index contributed by atoms with van der Waals surface area (Å²) in [5.74, 6) is -0.329. The number of ketones is 1. The van der Waals surface area contributed by atoms with E-state index in [0.717, 1.165) is 0 Å². The Hall–Kier alpha value is -3.99. The Morgan fingerprint density at radius 1 is 1.03 bits per heavy atom. The van der Waals surface area contributed by atoms with Gasteiger partial charge in [0, 0.05) is 38.0 Å². The maximum atomic E-state index is 12.8. The molecular formula is C26H28N4O4. The van der Waals surface area contributed by atoms with Crippen molar-refractivity contribution >= 4 is 22.6 Å². The van der Waals surface area contributed by atoms with E-state index in [2.05, 4.69) is 5.32 Å². The van der Waals surface area contributed by atoms with Gasteiger partial charge in [-0.25, -0.2) is 4.79 Å². The molecule has 0 aliphatic rings. The Morgan fingerprint density at radius 3 is 2.32 bits per heavy atom. The molecule has 0 aliphatic carbocycles. The number of hydrogen-bond acceptors (Lipinski definition) is 5. The number of carbonyl (C=O) groups is 2. The highest BCUT2D eigenvalue weighted by atomic mass is 16.2. The van der Waals surface area contributed by atoms with Crippen molar-refractivity contribution in [3.05, 3.63) is 80.0 Å². The van der Waals surface area contributed by atoms with Crippen molar-refractivity contribution in [2.24, 2.45) is 5.92 Å². The minimum atomic E-state index is -0.347. The highest BCUT2D eigenvalue weighted by molar-refractivity contribution is 5.94. The highest BCUT2D eigenvalue weighted by Crippen LogP contribution is 2.14. The third kappa shape index (κ3) is 5.31. The molecule has 0 saturated carbocycles. The Balaban J connectivity index is 1.65. The normalized spacial score (nSPS) is 11.7. The van der Waals surface area contributed by atoms with Crippen LogP contribution in [0.2, 0.25) is 0 Å². The van der Waals surface area contributed by atoms with E-state index in [1.54, 1.807) is 54.0 Å². The van der Waals surface area contributed by atoms with Crippen LogP contribution in [0.15, 0.2) is 52.1 Å². The second kappa shape index (κ2) is 10.8. The quantitative estimate of drug-likeness (QED) is 0.527. The molecule has 176 valence electrons. The van der Waals surface area contributed by atoms with Crippen molar-refractivity contribution in [1.29, 1.82) is 5.26 Å². The van der Waals surface area contributed by atoms with E-state index in [0.29, 0.717) is 40.7 Å². The minimum absolute atomic E-state index is 0.000831. The molecule has 1 unspecified atom stereocenters. The number of nitrogens with zero attached hydrogens (tertiary/aromatic N) is 3.